The van der Waals surface area contributed by atoms with Crippen molar-refractivity contribution in [1.29, 1.82) is 0 Å². The van der Waals surface area contributed by atoms with Gasteiger partial charge in [0.25, 0.3) is 0 Å². The standard InChI is InChI=1S/C20H40O4Si/c1-5-12-21-25(22-13-6-2,23-14-7-3)16-17(4)8-9-18-10-11-19-20(15-18)24-19/h17-20H,5-16H2,1-4H3. The average Bonchev–Trinajstić information content (AvgIpc) is 3.40. The Bertz CT molecular complexity index is 344. The van der Waals surface area contributed by atoms with Gasteiger partial charge in [0.05, 0.1) is 12.2 Å². The van der Waals surface area contributed by atoms with Crippen LogP contribution in [0.5, 0.6) is 0 Å². The van der Waals surface area contributed by atoms with Gasteiger partial charge in [-0.05, 0) is 50.4 Å². The lowest BCUT2D eigenvalue weighted by Crippen LogP contribution is -2.47. The van der Waals surface area contributed by atoms with Crippen molar-refractivity contribution in [3.8, 4) is 0 Å². The Morgan fingerprint density at radius 3 is 2.04 bits per heavy atom. The van der Waals surface area contributed by atoms with Crippen LogP contribution in [0, 0.1) is 11.8 Å². The first-order chi connectivity index (χ1) is 12.1. The van der Waals surface area contributed by atoms with Gasteiger partial charge in [-0.1, -0.05) is 40.5 Å². The van der Waals surface area contributed by atoms with E-state index in [2.05, 4.69) is 27.7 Å². The quantitative estimate of drug-likeness (QED) is 0.311. The fourth-order valence-corrected chi connectivity index (χ4v) is 7.08. The molecule has 1 saturated heterocycles. The predicted molar refractivity (Wildman–Crippen MR) is 104 cm³/mol. The van der Waals surface area contributed by atoms with Gasteiger partial charge in [-0.25, -0.2) is 0 Å². The number of fused-ring (bicyclic) bond motifs is 1. The normalized spacial score (nSPS) is 27.1. The third-order valence-corrected chi connectivity index (χ3v) is 8.49. The summed E-state index contributed by atoms with van der Waals surface area (Å²) in [5.74, 6) is 1.45. The van der Waals surface area contributed by atoms with Crippen molar-refractivity contribution in [2.45, 2.75) is 97.3 Å². The number of hydrogen-bond donors (Lipinski definition) is 0. The lowest BCUT2D eigenvalue weighted by atomic mass is 9.85. The van der Waals surface area contributed by atoms with E-state index in [-0.39, 0.29) is 0 Å². The number of rotatable bonds is 14. The first-order valence-corrected chi connectivity index (χ1v) is 12.6. The van der Waals surface area contributed by atoms with Crippen LogP contribution in [-0.4, -0.2) is 40.8 Å². The van der Waals surface area contributed by atoms with E-state index in [1.165, 1.54) is 32.1 Å². The van der Waals surface area contributed by atoms with E-state index >= 15 is 0 Å². The Morgan fingerprint density at radius 2 is 1.52 bits per heavy atom. The van der Waals surface area contributed by atoms with Gasteiger partial charge in [-0.15, -0.1) is 0 Å². The summed E-state index contributed by atoms with van der Waals surface area (Å²) in [7, 11) is -2.54. The van der Waals surface area contributed by atoms with Crippen LogP contribution in [0.4, 0.5) is 0 Å². The van der Waals surface area contributed by atoms with Crippen LogP contribution in [0.15, 0.2) is 0 Å². The maximum absolute atomic E-state index is 6.24. The Morgan fingerprint density at radius 1 is 0.920 bits per heavy atom. The molecule has 2 fully saturated rings. The molecule has 1 heterocycles. The van der Waals surface area contributed by atoms with Gasteiger partial charge in [0, 0.05) is 25.9 Å². The second-order valence-electron chi connectivity index (χ2n) is 8.01. The first-order valence-electron chi connectivity index (χ1n) is 10.7. The van der Waals surface area contributed by atoms with E-state index in [9.17, 15) is 0 Å². The van der Waals surface area contributed by atoms with Gasteiger partial charge < -0.3 is 18.0 Å². The van der Waals surface area contributed by atoms with Crippen molar-refractivity contribution in [2.75, 3.05) is 19.8 Å². The highest BCUT2D eigenvalue weighted by molar-refractivity contribution is 6.60. The molecular formula is C20H40O4Si. The molecule has 1 aliphatic heterocycles. The molecule has 2 aliphatic rings. The molecular weight excluding hydrogens is 332 g/mol. The van der Waals surface area contributed by atoms with Gasteiger partial charge in [-0.2, -0.15) is 0 Å². The fourth-order valence-electron chi connectivity index (χ4n) is 3.87. The SMILES string of the molecule is CCCO[Si](CC(C)CCC1CCC2OC2C1)(OCCC)OCCC. The van der Waals surface area contributed by atoms with Crippen molar-refractivity contribution in [2.24, 2.45) is 11.8 Å². The molecule has 0 N–H and O–H groups in total. The highest BCUT2D eigenvalue weighted by Gasteiger charge is 2.44. The molecule has 0 aromatic carbocycles. The van der Waals surface area contributed by atoms with Crippen LogP contribution in [0.1, 0.15) is 79.1 Å². The summed E-state index contributed by atoms with van der Waals surface area (Å²) in [6.45, 7) is 11.0. The largest absolute Gasteiger partial charge is 0.501 e. The Hall–Kier alpha value is 0.0569. The van der Waals surface area contributed by atoms with E-state index in [1.807, 2.05) is 0 Å². The minimum absolute atomic E-state index is 0.593. The lowest BCUT2D eigenvalue weighted by Gasteiger charge is -2.32. The Kier molecular flexibility index (Phi) is 9.42. The van der Waals surface area contributed by atoms with E-state index < -0.39 is 8.80 Å². The van der Waals surface area contributed by atoms with E-state index in [0.29, 0.717) is 18.1 Å². The van der Waals surface area contributed by atoms with Crippen LogP contribution in [0.3, 0.4) is 0 Å². The molecule has 0 spiro atoms. The minimum Gasteiger partial charge on any atom is -0.373 e. The third kappa shape index (κ3) is 7.29. The second kappa shape index (κ2) is 11.0. The summed E-state index contributed by atoms with van der Waals surface area (Å²) in [6.07, 6.45) is 10.7. The molecule has 1 saturated carbocycles. The van der Waals surface area contributed by atoms with E-state index in [0.717, 1.165) is 51.0 Å². The van der Waals surface area contributed by atoms with Gasteiger partial charge >= 0.3 is 8.80 Å². The molecule has 0 bridgehead atoms. The summed E-state index contributed by atoms with van der Waals surface area (Å²) >= 11 is 0. The van der Waals surface area contributed by atoms with Gasteiger partial charge in [0.1, 0.15) is 0 Å². The summed E-state index contributed by atoms with van der Waals surface area (Å²) in [6, 6.07) is 0.961. The smallest absolute Gasteiger partial charge is 0.373 e. The summed E-state index contributed by atoms with van der Waals surface area (Å²) in [5.41, 5.74) is 0. The van der Waals surface area contributed by atoms with Gasteiger partial charge in [0.2, 0.25) is 0 Å². The van der Waals surface area contributed by atoms with Crippen molar-refractivity contribution in [3.05, 3.63) is 0 Å². The maximum Gasteiger partial charge on any atom is 0.501 e. The van der Waals surface area contributed by atoms with Gasteiger partial charge in [0.15, 0.2) is 0 Å². The van der Waals surface area contributed by atoms with Crippen molar-refractivity contribution in [1.82, 2.24) is 0 Å². The molecule has 148 valence electrons. The monoisotopic (exact) mass is 372 g/mol. The first kappa shape index (κ1) is 21.4. The molecule has 0 amide bonds. The summed E-state index contributed by atoms with van der Waals surface area (Å²) in [4.78, 5) is 0. The Balaban J connectivity index is 1.82. The molecule has 4 unspecified atom stereocenters. The molecule has 0 radical (unpaired) electrons. The Labute approximate surface area is 156 Å². The minimum atomic E-state index is -2.54. The summed E-state index contributed by atoms with van der Waals surface area (Å²) in [5, 5.41) is 0. The molecule has 2 rings (SSSR count). The van der Waals surface area contributed by atoms with Crippen molar-refractivity contribution >= 4 is 8.80 Å². The molecule has 25 heavy (non-hydrogen) atoms. The molecule has 4 atom stereocenters. The number of ether oxygens (including phenoxy) is 1. The number of epoxide rings is 1. The fraction of sp³-hybridized carbons (Fsp3) is 1.00. The lowest BCUT2D eigenvalue weighted by molar-refractivity contribution is 0.0552. The molecule has 1 aliphatic carbocycles. The highest BCUT2D eigenvalue weighted by Crippen LogP contribution is 2.41. The van der Waals surface area contributed by atoms with E-state index in [4.69, 9.17) is 18.0 Å². The zero-order chi connectivity index (χ0) is 18.1. The van der Waals surface area contributed by atoms with Crippen LogP contribution >= 0.6 is 0 Å². The van der Waals surface area contributed by atoms with Crippen LogP contribution < -0.4 is 0 Å². The van der Waals surface area contributed by atoms with Crippen LogP contribution in [0.25, 0.3) is 0 Å². The van der Waals surface area contributed by atoms with Crippen molar-refractivity contribution < 1.29 is 18.0 Å². The molecule has 4 nitrogen and oxygen atoms in total. The van der Waals surface area contributed by atoms with Crippen LogP contribution in [0.2, 0.25) is 6.04 Å². The average molecular weight is 373 g/mol. The molecule has 0 aromatic heterocycles. The topological polar surface area (TPSA) is 40.2 Å². The maximum atomic E-state index is 6.24. The zero-order valence-electron chi connectivity index (χ0n) is 16.9. The highest BCUT2D eigenvalue weighted by atomic mass is 28.4. The van der Waals surface area contributed by atoms with Gasteiger partial charge in [-0.3, -0.25) is 0 Å². The van der Waals surface area contributed by atoms with Crippen molar-refractivity contribution in [3.63, 3.8) is 0 Å². The third-order valence-electron chi connectivity index (χ3n) is 5.36. The number of hydrogen-bond acceptors (Lipinski definition) is 4. The second-order valence-corrected chi connectivity index (χ2v) is 10.6. The molecule has 5 heteroatoms. The molecule has 0 aromatic rings. The van der Waals surface area contributed by atoms with E-state index in [1.54, 1.807) is 0 Å². The predicted octanol–water partition coefficient (Wildman–Crippen LogP) is 5.19. The van der Waals surface area contributed by atoms with Crippen LogP contribution in [-0.2, 0) is 18.0 Å². The summed E-state index contributed by atoms with van der Waals surface area (Å²) < 4.78 is 24.4. The zero-order valence-corrected chi connectivity index (χ0v) is 17.9.